The van der Waals surface area contributed by atoms with Crippen molar-refractivity contribution in [1.29, 1.82) is 0 Å². The molecule has 3 heterocycles. The van der Waals surface area contributed by atoms with Crippen molar-refractivity contribution in [2.75, 3.05) is 6.61 Å². The number of hydrogen-bond donors (Lipinski definition) is 9. The van der Waals surface area contributed by atoms with Gasteiger partial charge in [0.2, 0.25) is 11.2 Å². The molecule has 5 rings (SSSR count). The zero-order chi connectivity index (χ0) is 30.5. The van der Waals surface area contributed by atoms with Gasteiger partial charge in [-0.05, 0) is 31.2 Å². The number of phenols is 3. The van der Waals surface area contributed by atoms with Crippen LogP contribution in [0.3, 0.4) is 0 Å². The van der Waals surface area contributed by atoms with Crippen LogP contribution in [-0.2, 0) is 14.2 Å². The average Bonchev–Trinajstić information content (AvgIpc) is 2.94. The predicted octanol–water partition coefficient (Wildman–Crippen LogP) is -1.39. The quantitative estimate of drug-likeness (QED) is 0.159. The monoisotopic (exact) mass is 594 g/mol. The molecule has 0 radical (unpaired) electrons. The van der Waals surface area contributed by atoms with Crippen molar-refractivity contribution in [3.8, 4) is 34.3 Å². The third-order valence-corrected chi connectivity index (χ3v) is 7.19. The molecule has 0 bridgehead atoms. The van der Waals surface area contributed by atoms with Gasteiger partial charge in [-0.1, -0.05) is 0 Å². The fraction of sp³-hybridized carbons (Fsp3) is 0.444. The second-order valence-corrected chi connectivity index (χ2v) is 10.1. The Labute approximate surface area is 236 Å². The van der Waals surface area contributed by atoms with Gasteiger partial charge in [0.05, 0.1) is 12.7 Å². The van der Waals surface area contributed by atoms with E-state index in [1.54, 1.807) is 0 Å². The maximum absolute atomic E-state index is 13.6. The van der Waals surface area contributed by atoms with Gasteiger partial charge < -0.3 is 69.3 Å². The van der Waals surface area contributed by atoms with Crippen LogP contribution >= 0.6 is 0 Å². The van der Waals surface area contributed by atoms with Crippen LogP contribution in [0, 0.1) is 0 Å². The Balaban J connectivity index is 1.41. The van der Waals surface area contributed by atoms with Gasteiger partial charge in [0.1, 0.15) is 64.8 Å². The number of fused-ring (bicyclic) bond motifs is 1. The van der Waals surface area contributed by atoms with E-state index in [0.717, 1.165) is 12.1 Å². The normalized spacial score (nSPS) is 33.5. The molecule has 0 unspecified atom stereocenters. The largest absolute Gasteiger partial charge is 0.508 e. The van der Waals surface area contributed by atoms with E-state index in [0.29, 0.717) is 0 Å². The molecule has 2 aliphatic heterocycles. The molecule has 2 aromatic carbocycles. The fourth-order valence-electron chi connectivity index (χ4n) is 4.88. The third kappa shape index (κ3) is 5.49. The first-order valence-corrected chi connectivity index (χ1v) is 12.9. The highest BCUT2D eigenvalue weighted by molar-refractivity contribution is 5.88. The van der Waals surface area contributed by atoms with Crippen LogP contribution < -0.4 is 10.2 Å². The van der Waals surface area contributed by atoms with Crippen LogP contribution in [0.4, 0.5) is 0 Å². The summed E-state index contributed by atoms with van der Waals surface area (Å²) in [5.41, 5.74) is -0.789. The number of ether oxygens (including phenoxy) is 4. The van der Waals surface area contributed by atoms with Crippen molar-refractivity contribution in [2.45, 2.75) is 68.3 Å². The molecular formula is C27H30O15. The van der Waals surface area contributed by atoms with E-state index in [4.69, 9.17) is 23.4 Å². The Morgan fingerprint density at radius 1 is 0.810 bits per heavy atom. The molecule has 0 amide bonds. The zero-order valence-corrected chi connectivity index (χ0v) is 21.9. The van der Waals surface area contributed by atoms with Crippen molar-refractivity contribution in [2.24, 2.45) is 0 Å². The molecule has 42 heavy (non-hydrogen) atoms. The third-order valence-electron chi connectivity index (χ3n) is 7.19. The van der Waals surface area contributed by atoms with E-state index in [1.807, 2.05) is 0 Å². The van der Waals surface area contributed by atoms with E-state index >= 15 is 0 Å². The molecule has 0 spiro atoms. The van der Waals surface area contributed by atoms with Gasteiger partial charge >= 0.3 is 0 Å². The SMILES string of the molecule is C[C@@H]1O[C@@H](OC[C@H]2O[C@@H](O)[C@H](O)[C@@H](O)[C@@H]2O)[C@H](O)[C@H](O)[C@H]1Oc1c(-c2ccc(O)cc2)oc2cc(O)cc(O)c2c1=O. The van der Waals surface area contributed by atoms with Crippen LogP contribution in [0.15, 0.2) is 45.6 Å². The lowest BCUT2D eigenvalue weighted by molar-refractivity contribution is -0.320. The Kier molecular flexibility index (Phi) is 8.30. The second-order valence-electron chi connectivity index (χ2n) is 10.1. The lowest BCUT2D eigenvalue weighted by Gasteiger charge is -2.42. The number of hydrogen-bond acceptors (Lipinski definition) is 15. The van der Waals surface area contributed by atoms with Crippen LogP contribution in [-0.4, -0.2) is 114 Å². The van der Waals surface area contributed by atoms with E-state index in [1.165, 1.54) is 31.2 Å². The summed E-state index contributed by atoms with van der Waals surface area (Å²) < 4.78 is 27.9. The second kappa shape index (κ2) is 11.6. The highest BCUT2D eigenvalue weighted by atomic mass is 16.7. The summed E-state index contributed by atoms with van der Waals surface area (Å²) in [5.74, 6) is -1.70. The van der Waals surface area contributed by atoms with E-state index < -0.39 is 84.9 Å². The Hall–Kier alpha value is -3.51. The number of aromatic hydroxyl groups is 3. The van der Waals surface area contributed by atoms with Crippen LogP contribution in [0.5, 0.6) is 23.0 Å². The van der Waals surface area contributed by atoms with Gasteiger partial charge in [-0.3, -0.25) is 4.79 Å². The van der Waals surface area contributed by atoms with Gasteiger partial charge in [-0.15, -0.1) is 0 Å². The Morgan fingerprint density at radius 2 is 1.50 bits per heavy atom. The summed E-state index contributed by atoms with van der Waals surface area (Å²) in [5, 5.41) is 90.7. The van der Waals surface area contributed by atoms with Crippen molar-refractivity contribution < 1.29 is 69.3 Å². The zero-order valence-electron chi connectivity index (χ0n) is 21.9. The minimum absolute atomic E-state index is 0.0788. The average molecular weight is 595 g/mol. The first-order chi connectivity index (χ1) is 19.9. The summed E-state index contributed by atoms with van der Waals surface area (Å²) >= 11 is 0. The van der Waals surface area contributed by atoms with Crippen LogP contribution in [0.1, 0.15) is 6.92 Å². The molecule has 2 fully saturated rings. The fourth-order valence-corrected chi connectivity index (χ4v) is 4.88. The lowest BCUT2D eigenvalue weighted by Crippen LogP contribution is -2.61. The minimum Gasteiger partial charge on any atom is -0.508 e. The van der Waals surface area contributed by atoms with Gasteiger partial charge in [0.15, 0.2) is 24.4 Å². The van der Waals surface area contributed by atoms with Gasteiger partial charge in [-0.25, -0.2) is 0 Å². The van der Waals surface area contributed by atoms with Crippen molar-refractivity contribution >= 4 is 11.0 Å². The highest BCUT2D eigenvalue weighted by Gasteiger charge is 2.47. The van der Waals surface area contributed by atoms with Gasteiger partial charge in [-0.2, -0.15) is 0 Å². The molecule has 2 saturated heterocycles. The molecule has 3 aromatic rings. The number of aliphatic hydroxyl groups is 6. The minimum atomic E-state index is -1.81. The standard InChI is InChI=1S/C27H30O15/c1-9-23(20(34)22(36)27(39-9)38-8-15-17(31)19(33)21(35)26(37)41-15)42-25-18(32)16-13(30)6-12(29)7-14(16)40-24(25)10-2-4-11(28)5-3-10/h2-7,9,15,17,19-23,26-31,33-37H,8H2,1H3/t9-,15+,17+,19-,20-,21+,22+,23-,26+,27+/m0/s1. The van der Waals surface area contributed by atoms with E-state index in [-0.39, 0.29) is 33.8 Å². The summed E-state index contributed by atoms with van der Waals surface area (Å²) in [6, 6.07) is 7.52. The van der Waals surface area contributed by atoms with Crippen molar-refractivity contribution in [3.05, 3.63) is 46.6 Å². The summed E-state index contributed by atoms with van der Waals surface area (Å²) in [7, 11) is 0. The topological polar surface area (TPSA) is 249 Å². The molecule has 15 nitrogen and oxygen atoms in total. The molecule has 0 aliphatic carbocycles. The summed E-state index contributed by atoms with van der Waals surface area (Å²) in [6.45, 7) is 0.921. The number of phenolic OH excluding ortho intramolecular Hbond substituents is 3. The predicted molar refractivity (Wildman–Crippen MR) is 139 cm³/mol. The number of aliphatic hydroxyl groups excluding tert-OH is 6. The molecule has 2 aliphatic rings. The van der Waals surface area contributed by atoms with Gasteiger partial charge in [0.25, 0.3) is 0 Å². The van der Waals surface area contributed by atoms with Crippen LogP contribution in [0.25, 0.3) is 22.3 Å². The van der Waals surface area contributed by atoms with Gasteiger partial charge in [0, 0.05) is 17.7 Å². The number of rotatable bonds is 6. The maximum atomic E-state index is 13.6. The van der Waals surface area contributed by atoms with Crippen molar-refractivity contribution in [3.63, 3.8) is 0 Å². The molecular weight excluding hydrogens is 564 g/mol. The van der Waals surface area contributed by atoms with E-state index in [2.05, 4.69) is 0 Å². The molecule has 9 N–H and O–H groups in total. The Morgan fingerprint density at radius 3 is 2.19 bits per heavy atom. The highest BCUT2D eigenvalue weighted by Crippen LogP contribution is 2.38. The molecule has 10 atom stereocenters. The Bertz CT molecular complexity index is 1470. The van der Waals surface area contributed by atoms with Crippen LogP contribution in [0.2, 0.25) is 0 Å². The molecule has 15 heteroatoms. The maximum Gasteiger partial charge on any atom is 0.239 e. The smallest absolute Gasteiger partial charge is 0.239 e. The van der Waals surface area contributed by atoms with E-state index in [9.17, 15) is 50.8 Å². The summed E-state index contributed by atoms with van der Waals surface area (Å²) in [4.78, 5) is 13.6. The summed E-state index contributed by atoms with van der Waals surface area (Å²) in [6.07, 6.45) is -15.7. The molecule has 1 aromatic heterocycles. The first kappa shape index (κ1) is 30.0. The molecule has 228 valence electrons. The number of benzene rings is 2. The molecule has 0 saturated carbocycles. The van der Waals surface area contributed by atoms with Crippen molar-refractivity contribution in [1.82, 2.24) is 0 Å². The lowest BCUT2D eigenvalue weighted by atomic mass is 9.98. The first-order valence-electron chi connectivity index (χ1n) is 12.9.